The maximum Gasteiger partial charge on any atom is 0.491 e. The predicted molar refractivity (Wildman–Crippen MR) is 69.1 cm³/mol. The fourth-order valence-corrected chi connectivity index (χ4v) is 1.80. The minimum atomic E-state index is -5.18. The van der Waals surface area contributed by atoms with Crippen LogP contribution in [0.1, 0.15) is 18.9 Å². The molecule has 2 N–H and O–H groups in total. The summed E-state index contributed by atoms with van der Waals surface area (Å²) in [6.07, 6.45) is -4.58. The monoisotopic (exact) mass is 303 g/mol. The molecule has 4 nitrogen and oxygen atoms in total. The SMILES string of the molecule is CC(C[C@@H](N)Cc1ccccc1)C(=O)OC(=O)C(F)(F)F. The van der Waals surface area contributed by atoms with Gasteiger partial charge in [0.25, 0.3) is 0 Å². The molecule has 1 rings (SSSR count). The Morgan fingerprint density at radius 2 is 1.81 bits per heavy atom. The molecule has 0 saturated heterocycles. The average Bonchev–Trinajstić information content (AvgIpc) is 2.38. The van der Waals surface area contributed by atoms with Gasteiger partial charge in [0.2, 0.25) is 0 Å². The van der Waals surface area contributed by atoms with Gasteiger partial charge in [0.05, 0.1) is 5.92 Å². The van der Waals surface area contributed by atoms with Crippen molar-refractivity contribution in [2.75, 3.05) is 0 Å². The molecule has 1 aromatic rings. The molecule has 0 bridgehead atoms. The largest absolute Gasteiger partial charge is 0.491 e. The molecule has 1 aromatic carbocycles. The zero-order valence-electron chi connectivity index (χ0n) is 11.4. The van der Waals surface area contributed by atoms with Crippen molar-refractivity contribution < 1.29 is 27.5 Å². The third kappa shape index (κ3) is 5.95. The maximum atomic E-state index is 12.0. The minimum Gasteiger partial charge on any atom is -0.386 e. The zero-order valence-corrected chi connectivity index (χ0v) is 11.4. The third-order valence-electron chi connectivity index (χ3n) is 2.82. The van der Waals surface area contributed by atoms with Gasteiger partial charge in [-0.3, -0.25) is 4.79 Å². The highest BCUT2D eigenvalue weighted by Crippen LogP contribution is 2.18. The molecule has 1 unspecified atom stereocenters. The molecule has 2 atom stereocenters. The van der Waals surface area contributed by atoms with Gasteiger partial charge in [-0.1, -0.05) is 37.3 Å². The van der Waals surface area contributed by atoms with Gasteiger partial charge in [-0.15, -0.1) is 0 Å². The fourth-order valence-electron chi connectivity index (χ4n) is 1.80. The quantitative estimate of drug-likeness (QED) is 0.669. The van der Waals surface area contributed by atoms with Crippen molar-refractivity contribution in [3.8, 4) is 0 Å². The number of rotatable bonds is 5. The van der Waals surface area contributed by atoms with Crippen LogP contribution in [0.5, 0.6) is 0 Å². The summed E-state index contributed by atoms with van der Waals surface area (Å²) < 4.78 is 39.7. The number of nitrogens with two attached hydrogens (primary N) is 1. The minimum absolute atomic E-state index is 0.124. The molecule has 0 aliphatic heterocycles. The second-order valence-corrected chi connectivity index (χ2v) is 4.79. The number of carbonyl (C=O) groups is 2. The molecule has 116 valence electrons. The van der Waals surface area contributed by atoms with Crippen LogP contribution in [0.2, 0.25) is 0 Å². The standard InChI is InChI=1S/C14H16F3NO3/c1-9(12(19)21-13(20)14(15,16)17)7-11(18)8-10-5-3-2-4-6-10/h2-6,9,11H,7-8,18H2,1H3/t9?,11-/m1/s1. The van der Waals surface area contributed by atoms with E-state index in [9.17, 15) is 22.8 Å². The van der Waals surface area contributed by atoms with Gasteiger partial charge in [0.15, 0.2) is 0 Å². The summed E-state index contributed by atoms with van der Waals surface area (Å²) in [5.41, 5.74) is 6.80. The molecule has 0 aliphatic carbocycles. The summed E-state index contributed by atoms with van der Waals surface area (Å²) in [5, 5.41) is 0. The molecule has 0 spiro atoms. The van der Waals surface area contributed by atoms with Gasteiger partial charge in [-0.05, 0) is 18.4 Å². The smallest absolute Gasteiger partial charge is 0.386 e. The number of halogens is 3. The van der Waals surface area contributed by atoms with E-state index >= 15 is 0 Å². The van der Waals surface area contributed by atoms with E-state index in [4.69, 9.17) is 5.73 Å². The van der Waals surface area contributed by atoms with Gasteiger partial charge in [0, 0.05) is 6.04 Å². The molecule has 21 heavy (non-hydrogen) atoms. The van der Waals surface area contributed by atoms with Crippen molar-refractivity contribution >= 4 is 11.9 Å². The van der Waals surface area contributed by atoms with Gasteiger partial charge >= 0.3 is 18.1 Å². The molecule has 0 radical (unpaired) electrons. The normalized spacial score (nSPS) is 14.3. The summed E-state index contributed by atoms with van der Waals surface area (Å²) >= 11 is 0. The highest BCUT2D eigenvalue weighted by Gasteiger charge is 2.43. The van der Waals surface area contributed by atoms with E-state index in [0.29, 0.717) is 6.42 Å². The maximum absolute atomic E-state index is 12.0. The van der Waals surface area contributed by atoms with Crippen LogP contribution in [0.25, 0.3) is 0 Å². The Labute approximate surface area is 120 Å². The topological polar surface area (TPSA) is 69.4 Å². The Morgan fingerprint density at radius 1 is 1.24 bits per heavy atom. The van der Waals surface area contributed by atoms with Crippen LogP contribution in [0.3, 0.4) is 0 Å². The molecular weight excluding hydrogens is 287 g/mol. The Kier molecular flexibility index (Phi) is 5.90. The molecular formula is C14H16F3NO3. The lowest BCUT2D eigenvalue weighted by Crippen LogP contribution is -2.33. The number of hydrogen-bond donors (Lipinski definition) is 1. The van der Waals surface area contributed by atoms with E-state index in [0.717, 1.165) is 5.56 Å². The number of esters is 2. The van der Waals surface area contributed by atoms with Gasteiger partial charge in [0.1, 0.15) is 0 Å². The van der Waals surface area contributed by atoms with E-state index in [1.54, 1.807) is 0 Å². The number of carbonyl (C=O) groups excluding carboxylic acids is 2. The van der Waals surface area contributed by atoms with Crippen molar-refractivity contribution in [2.24, 2.45) is 11.7 Å². The average molecular weight is 303 g/mol. The molecule has 0 fully saturated rings. The van der Waals surface area contributed by atoms with E-state index < -0.39 is 30.1 Å². The summed E-state index contributed by atoms with van der Waals surface area (Å²) in [4.78, 5) is 21.9. The lowest BCUT2D eigenvalue weighted by Gasteiger charge is -2.16. The molecule has 0 saturated carbocycles. The second kappa shape index (κ2) is 7.21. The van der Waals surface area contributed by atoms with Crippen LogP contribution in [-0.2, 0) is 20.7 Å². The molecule has 0 aliphatic rings. The number of ether oxygens (including phenoxy) is 1. The molecule has 0 aromatic heterocycles. The van der Waals surface area contributed by atoms with E-state index in [-0.39, 0.29) is 6.42 Å². The van der Waals surface area contributed by atoms with Gasteiger partial charge in [-0.2, -0.15) is 13.2 Å². The fraction of sp³-hybridized carbons (Fsp3) is 0.429. The van der Waals surface area contributed by atoms with Gasteiger partial charge in [-0.25, -0.2) is 4.79 Å². The second-order valence-electron chi connectivity index (χ2n) is 4.79. The van der Waals surface area contributed by atoms with Crippen LogP contribution in [-0.4, -0.2) is 24.2 Å². The number of alkyl halides is 3. The Morgan fingerprint density at radius 3 is 2.33 bits per heavy atom. The van der Waals surface area contributed by atoms with Crippen LogP contribution in [0, 0.1) is 5.92 Å². The van der Waals surface area contributed by atoms with Gasteiger partial charge < -0.3 is 10.5 Å². The predicted octanol–water partition coefficient (Wildman–Crippen LogP) is 2.21. The number of benzene rings is 1. The first-order chi connectivity index (χ1) is 9.70. The van der Waals surface area contributed by atoms with Crippen molar-refractivity contribution in [1.82, 2.24) is 0 Å². The summed E-state index contributed by atoms with van der Waals surface area (Å²) in [6.45, 7) is 1.37. The van der Waals surface area contributed by atoms with Crippen molar-refractivity contribution in [3.63, 3.8) is 0 Å². The lowest BCUT2D eigenvalue weighted by atomic mass is 9.97. The first-order valence-electron chi connectivity index (χ1n) is 6.32. The Balaban J connectivity index is 2.47. The van der Waals surface area contributed by atoms with Crippen molar-refractivity contribution in [3.05, 3.63) is 35.9 Å². The van der Waals surface area contributed by atoms with Crippen molar-refractivity contribution in [1.29, 1.82) is 0 Å². The highest BCUT2D eigenvalue weighted by molar-refractivity contribution is 5.89. The van der Waals surface area contributed by atoms with Crippen LogP contribution >= 0.6 is 0 Å². The molecule has 0 amide bonds. The first-order valence-corrected chi connectivity index (χ1v) is 6.32. The Bertz CT molecular complexity index is 488. The Hall–Kier alpha value is -1.89. The third-order valence-corrected chi connectivity index (χ3v) is 2.82. The summed E-state index contributed by atoms with van der Waals surface area (Å²) in [5.74, 6) is -4.62. The number of hydrogen-bond acceptors (Lipinski definition) is 4. The lowest BCUT2D eigenvalue weighted by molar-refractivity contribution is -0.203. The van der Waals surface area contributed by atoms with E-state index in [1.807, 2.05) is 30.3 Å². The molecule has 0 heterocycles. The molecule has 7 heteroatoms. The van der Waals surface area contributed by atoms with Crippen LogP contribution in [0.15, 0.2) is 30.3 Å². The summed E-state index contributed by atoms with van der Waals surface area (Å²) in [6, 6.07) is 8.81. The zero-order chi connectivity index (χ0) is 16.0. The van der Waals surface area contributed by atoms with E-state index in [2.05, 4.69) is 4.74 Å². The van der Waals surface area contributed by atoms with Crippen LogP contribution < -0.4 is 5.73 Å². The summed E-state index contributed by atoms with van der Waals surface area (Å²) in [7, 11) is 0. The van der Waals surface area contributed by atoms with E-state index in [1.165, 1.54) is 6.92 Å². The van der Waals surface area contributed by atoms with Crippen molar-refractivity contribution in [2.45, 2.75) is 32.0 Å². The first kappa shape index (κ1) is 17.2. The van der Waals surface area contributed by atoms with Crippen LogP contribution in [0.4, 0.5) is 13.2 Å². The highest BCUT2D eigenvalue weighted by atomic mass is 19.4.